The Kier molecular flexibility index (Phi) is 2.60. The molecule has 0 bridgehead atoms. The number of rotatable bonds is 1. The number of carbonyl (C=O) groups excluding carboxylic acids is 1. The minimum absolute atomic E-state index is 0.389. The number of nitriles is 1. The number of ether oxygens (including phenoxy) is 1. The average molecular weight is 252 g/mol. The van der Waals surface area contributed by atoms with Crippen molar-refractivity contribution in [3.05, 3.63) is 41.6 Å². The number of allylic oxidation sites excluding steroid dienone is 1. The number of para-hydroxylation sites is 1. The maximum atomic E-state index is 11.9. The molecule has 0 radical (unpaired) electrons. The fraction of sp³-hybridized carbons (Fsp3) is 0.200. The van der Waals surface area contributed by atoms with Crippen LogP contribution in [0.25, 0.3) is 16.5 Å². The summed E-state index contributed by atoms with van der Waals surface area (Å²) in [6, 6.07) is 9.94. The van der Waals surface area contributed by atoms with Crippen LogP contribution >= 0.6 is 0 Å². The molecule has 2 aromatic rings. The van der Waals surface area contributed by atoms with Gasteiger partial charge in [0.25, 0.3) is 0 Å². The molecule has 0 spiro atoms. The molecule has 0 atom stereocenters. The van der Waals surface area contributed by atoms with Crippen LogP contribution in [0.3, 0.4) is 0 Å². The van der Waals surface area contributed by atoms with Gasteiger partial charge in [-0.25, -0.2) is 4.79 Å². The van der Waals surface area contributed by atoms with Crippen molar-refractivity contribution in [3.63, 3.8) is 0 Å². The molecular formula is C15H12N2O2. The standard InChI is InChI=1S/C15H12N2O2/c1-19-15(18)11-6-4-8-17-13-7-3-2-5-10(13)12(9-16)14(11)17/h2-3,5-7H,4,8H2,1H3. The third-order valence-electron chi connectivity index (χ3n) is 3.44. The Morgan fingerprint density at radius 1 is 1.42 bits per heavy atom. The van der Waals surface area contributed by atoms with Crippen molar-refractivity contribution in [1.82, 2.24) is 4.57 Å². The molecule has 0 amide bonds. The van der Waals surface area contributed by atoms with Crippen LogP contribution in [0.5, 0.6) is 0 Å². The molecule has 1 aromatic carbocycles. The van der Waals surface area contributed by atoms with Gasteiger partial charge < -0.3 is 9.30 Å². The van der Waals surface area contributed by atoms with Crippen LogP contribution in [0.15, 0.2) is 30.3 Å². The summed E-state index contributed by atoms with van der Waals surface area (Å²) in [4.78, 5) is 11.9. The monoisotopic (exact) mass is 252 g/mol. The van der Waals surface area contributed by atoms with E-state index in [0.29, 0.717) is 16.8 Å². The molecule has 4 nitrogen and oxygen atoms in total. The van der Waals surface area contributed by atoms with Gasteiger partial charge in [-0.2, -0.15) is 5.26 Å². The molecule has 1 aliphatic rings. The number of hydrogen-bond acceptors (Lipinski definition) is 3. The molecule has 94 valence electrons. The molecule has 0 fully saturated rings. The van der Waals surface area contributed by atoms with Gasteiger partial charge in [0.15, 0.2) is 0 Å². The quantitative estimate of drug-likeness (QED) is 0.732. The summed E-state index contributed by atoms with van der Waals surface area (Å²) in [7, 11) is 1.36. The van der Waals surface area contributed by atoms with E-state index in [2.05, 4.69) is 6.07 Å². The molecule has 0 saturated heterocycles. The van der Waals surface area contributed by atoms with Crippen LogP contribution < -0.4 is 0 Å². The highest BCUT2D eigenvalue weighted by molar-refractivity contribution is 6.18. The zero-order valence-electron chi connectivity index (χ0n) is 10.5. The van der Waals surface area contributed by atoms with Gasteiger partial charge >= 0.3 is 5.97 Å². The SMILES string of the molecule is COC(=O)C1=CCCn2c1c(C#N)c1ccccc12. The highest BCUT2D eigenvalue weighted by Crippen LogP contribution is 2.34. The summed E-state index contributed by atoms with van der Waals surface area (Å²) in [5.74, 6) is -0.389. The Hall–Kier alpha value is -2.54. The van der Waals surface area contributed by atoms with E-state index in [9.17, 15) is 10.1 Å². The van der Waals surface area contributed by atoms with Gasteiger partial charge in [-0.05, 0) is 12.5 Å². The molecule has 0 N–H and O–H groups in total. The van der Waals surface area contributed by atoms with Gasteiger partial charge in [-0.1, -0.05) is 24.3 Å². The van der Waals surface area contributed by atoms with E-state index in [0.717, 1.165) is 23.9 Å². The van der Waals surface area contributed by atoms with E-state index in [1.807, 2.05) is 34.9 Å². The first-order valence-electron chi connectivity index (χ1n) is 6.08. The summed E-state index contributed by atoms with van der Waals surface area (Å²) < 4.78 is 6.84. The van der Waals surface area contributed by atoms with Crippen LogP contribution in [-0.2, 0) is 16.1 Å². The summed E-state index contributed by atoms with van der Waals surface area (Å²) in [6.07, 6.45) is 2.61. The topological polar surface area (TPSA) is 55.0 Å². The number of methoxy groups -OCH3 is 1. The van der Waals surface area contributed by atoms with Crippen LogP contribution in [0.2, 0.25) is 0 Å². The molecule has 0 aliphatic carbocycles. The number of benzene rings is 1. The molecular weight excluding hydrogens is 240 g/mol. The van der Waals surface area contributed by atoms with E-state index in [1.54, 1.807) is 0 Å². The van der Waals surface area contributed by atoms with Crippen LogP contribution in [0.4, 0.5) is 0 Å². The zero-order chi connectivity index (χ0) is 13.4. The van der Waals surface area contributed by atoms with Gasteiger partial charge in [0.05, 0.1) is 23.9 Å². The lowest BCUT2D eigenvalue weighted by molar-refractivity contribution is -0.133. The van der Waals surface area contributed by atoms with Crippen molar-refractivity contribution in [1.29, 1.82) is 5.26 Å². The summed E-state index contributed by atoms with van der Waals surface area (Å²) in [6.45, 7) is 0.776. The maximum absolute atomic E-state index is 11.9. The second-order valence-electron chi connectivity index (χ2n) is 4.40. The first-order valence-corrected chi connectivity index (χ1v) is 6.08. The lowest BCUT2D eigenvalue weighted by atomic mass is 10.0. The third-order valence-corrected chi connectivity index (χ3v) is 3.44. The fourth-order valence-corrected chi connectivity index (χ4v) is 2.65. The van der Waals surface area contributed by atoms with Crippen molar-refractivity contribution in [2.75, 3.05) is 7.11 Å². The number of fused-ring (bicyclic) bond motifs is 3. The largest absolute Gasteiger partial charge is 0.465 e. The van der Waals surface area contributed by atoms with Gasteiger partial charge in [-0.15, -0.1) is 0 Å². The third kappa shape index (κ3) is 1.55. The molecule has 1 aliphatic heterocycles. The van der Waals surface area contributed by atoms with Gasteiger partial charge in [0.1, 0.15) is 6.07 Å². The Labute approximate surface area is 110 Å². The number of aryl methyl sites for hydroxylation is 1. The lowest BCUT2D eigenvalue weighted by Crippen LogP contribution is -2.14. The average Bonchev–Trinajstić information content (AvgIpc) is 2.80. The fourth-order valence-electron chi connectivity index (χ4n) is 2.65. The van der Waals surface area contributed by atoms with Crippen LogP contribution in [0, 0.1) is 11.3 Å². The van der Waals surface area contributed by atoms with E-state index in [-0.39, 0.29) is 5.97 Å². The van der Waals surface area contributed by atoms with E-state index in [4.69, 9.17) is 4.74 Å². The zero-order valence-corrected chi connectivity index (χ0v) is 10.5. The number of nitrogens with zero attached hydrogens (tertiary/aromatic N) is 2. The van der Waals surface area contributed by atoms with Crippen molar-refractivity contribution in [3.8, 4) is 6.07 Å². The van der Waals surface area contributed by atoms with Crippen LogP contribution in [0.1, 0.15) is 17.7 Å². The van der Waals surface area contributed by atoms with Gasteiger partial charge in [-0.3, -0.25) is 0 Å². The molecule has 1 aromatic heterocycles. The number of aromatic nitrogens is 1. The van der Waals surface area contributed by atoms with Crippen molar-refractivity contribution in [2.24, 2.45) is 0 Å². The first kappa shape index (κ1) is 11.5. The Bertz CT molecular complexity index is 747. The summed E-state index contributed by atoms with van der Waals surface area (Å²) in [5.41, 5.74) is 2.71. The predicted octanol–water partition coefficient (Wildman–Crippen LogP) is 2.47. The molecule has 3 rings (SSSR count). The van der Waals surface area contributed by atoms with Crippen LogP contribution in [-0.4, -0.2) is 17.6 Å². The molecule has 2 heterocycles. The normalized spacial score (nSPS) is 13.6. The van der Waals surface area contributed by atoms with Gasteiger partial charge in [0.2, 0.25) is 0 Å². The lowest BCUT2D eigenvalue weighted by Gasteiger charge is -2.16. The highest BCUT2D eigenvalue weighted by atomic mass is 16.5. The summed E-state index contributed by atoms with van der Waals surface area (Å²) in [5, 5.41) is 10.3. The number of hydrogen-bond donors (Lipinski definition) is 0. The van der Waals surface area contributed by atoms with Gasteiger partial charge in [0, 0.05) is 17.4 Å². The second kappa shape index (κ2) is 4.29. The molecule has 19 heavy (non-hydrogen) atoms. The highest BCUT2D eigenvalue weighted by Gasteiger charge is 2.26. The summed E-state index contributed by atoms with van der Waals surface area (Å²) >= 11 is 0. The van der Waals surface area contributed by atoms with E-state index in [1.165, 1.54) is 7.11 Å². The van der Waals surface area contributed by atoms with E-state index < -0.39 is 0 Å². The maximum Gasteiger partial charge on any atom is 0.339 e. The smallest absolute Gasteiger partial charge is 0.339 e. The number of carbonyl (C=O) groups is 1. The van der Waals surface area contributed by atoms with E-state index >= 15 is 0 Å². The van der Waals surface area contributed by atoms with Crippen molar-refractivity contribution >= 4 is 22.4 Å². The Morgan fingerprint density at radius 3 is 2.95 bits per heavy atom. The minimum atomic E-state index is -0.389. The predicted molar refractivity (Wildman–Crippen MR) is 71.3 cm³/mol. The van der Waals surface area contributed by atoms with Crippen molar-refractivity contribution < 1.29 is 9.53 Å². The number of esters is 1. The Balaban J connectivity index is 2.37. The minimum Gasteiger partial charge on any atom is -0.465 e. The first-order chi connectivity index (χ1) is 9.27. The molecule has 0 saturated carbocycles. The van der Waals surface area contributed by atoms with Crippen molar-refractivity contribution in [2.45, 2.75) is 13.0 Å². The second-order valence-corrected chi connectivity index (χ2v) is 4.40. The molecule has 4 heteroatoms. The molecule has 0 unspecified atom stereocenters. The Morgan fingerprint density at radius 2 is 2.21 bits per heavy atom.